The Kier molecular flexibility index (Phi) is 6.81. The van der Waals surface area contributed by atoms with Gasteiger partial charge in [0.2, 0.25) is 5.88 Å². The lowest BCUT2D eigenvalue weighted by atomic mass is 10.1. The van der Waals surface area contributed by atoms with E-state index in [4.69, 9.17) is 9.47 Å². The molecule has 0 unspecified atom stereocenters. The highest BCUT2D eigenvalue weighted by atomic mass is 32.2. The van der Waals surface area contributed by atoms with Crippen molar-refractivity contribution in [3.05, 3.63) is 78.0 Å². The number of para-hydroxylation sites is 2. The summed E-state index contributed by atoms with van der Waals surface area (Å²) in [5, 5.41) is 3.72. The maximum Gasteiger partial charge on any atom is 0.256 e. The van der Waals surface area contributed by atoms with Crippen LogP contribution >= 0.6 is 11.8 Å². The van der Waals surface area contributed by atoms with Crippen molar-refractivity contribution in [2.75, 3.05) is 25.6 Å². The van der Waals surface area contributed by atoms with Gasteiger partial charge in [0.05, 0.1) is 29.5 Å². The lowest BCUT2D eigenvalue weighted by molar-refractivity contribution is 0.102. The highest BCUT2D eigenvalue weighted by Gasteiger charge is 2.13. The highest BCUT2D eigenvalue weighted by Crippen LogP contribution is 2.25. The number of benzene rings is 2. The second-order valence-electron chi connectivity index (χ2n) is 6.69. The van der Waals surface area contributed by atoms with Gasteiger partial charge in [-0.2, -0.15) is 0 Å². The summed E-state index contributed by atoms with van der Waals surface area (Å²) in [6.45, 7) is 0.911. The van der Waals surface area contributed by atoms with E-state index in [1.54, 1.807) is 37.2 Å². The smallest absolute Gasteiger partial charge is 0.256 e. The number of pyridine rings is 1. The fourth-order valence-electron chi connectivity index (χ4n) is 2.98. The fraction of sp³-hybridized carbons (Fsp3) is 0.174. The predicted octanol–water partition coefficient (Wildman–Crippen LogP) is 4.53. The van der Waals surface area contributed by atoms with Crippen molar-refractivity contribution in [3.8, 4) is 5.88 Å². The van der Waals surface area contributed by atoms with Gasteiger partial charge < -0.3 is 19.8 Å². The molecule has 2 aromatic heterocycles. The predicted molar refractivity (Wildman–Crippen MR) is 122 cm³/mol. The molecule has 4 aromatic rings. The van der Waals surface area contributed by atoms with Gasteiger partial charge in [0.1, 0.15) is 6.61 Å². The van der Waals surface area contributed by atoms with Crippen molar-refractivity contribution in [1.29, 1.82) is 0 Å². The summed E-state index contributed by atoms with van der Waals surface area (Å²) >= 11 is 1.56. The summed E-state index contributed by atoms with van der Waals surface area (Å²) in [6.07, 6.45) is 1.58. The minimum atomic E-state index is -0.185. The van der Waals surface area contributed by atoms with Gasteiger partial charge in [-0.15, -0.1) is 0 Å². The number of methoxy groups -OCH3 is 1. The molecule has 0 aliphatic heterocycles. The zero-order valence-electron chi connectivity index (χ0n) is 17.0. The maximum atomic E-state index is 12.9. The third-order valence-corrected chi connectivity index (χ3v) is 5.45. The Morgan fingerprint density at radius 3 is 2.71 bits per heavy atom. The number of nitrogens with one attached hydrogen (secondary N) is 2. The van der Waals surface area contributed by atoms with E-state index < -0.39 is 0 Å². The van der Waals surface area contributed by atoms with Gasteiger partial charge in [-0.05, 0) is 29.8 Å². The van der Waals surface area contributed by atoms with E-state index in [2.05, 4.69) is 20.3 Å². The number of hydrogen-bond acceptors (Lipinski definition) is 6. The first kappa shape index (κ1) is 20.9. The van der Waals surface area contributed by atoms with E-state index in [0.29, 0.717) is 36.1 Å². The van der Waals surface area contributed by atoms with Gasteiger partial charge in [-0.3, -0.25) is 4.79 Å². The molecule has 0 fully saturated rings. The Hall–Kier alpha value is -3.36. The number of aromatic amines is 1. The maximum absolute atomic E-state index is 12.9. The molecule has 0 aliphatic rings. The molecule has 7 nitrogen and oxygen atoms in total. The molecule has 0 aliphatic carbocycles. The molecular formula is C23H22N4O3S. The van der Waals surface area contributed by atoms with E-state index in [-0.39, 0.29) is 5.91 Å². The van der Waals surface area contributed by atoms with E-state index in [1.807, 2.05) is 48.5 Å². The van der Waals surface area contributed by atoms with Crippen molar-refractivity contribution >= 4 is 34.4 Å². The molecule has 4 rings (SSSR count). The van der Waals surface area contributed by atoms with E-state index in [1.165, 1.54) is 0 Å². The van der Waals surface area contributed by atoms with Crippen LogP contribution < -0.4 is 10.1 Å². The molecule has 1 amide bonds. The number of fused-ring (bicyclic) bond motifs is 1. The molecule has 158 valence electrons. The molecule has 0 atom stereocenters. The molecular weight excluding hydrogens is 412 g/mol. The standard InChI is InChI=1S/C23H22N4O3S/c1-29-12-13-30-21-11-10-17(14-24-21)25-22(28)18-7-3-2-6-16(18)15-31-23-26-19-8-4-5-9-20(19)27-23/h2-11,14H,12-13,15H2,1H3,(H,25,28)(H,26,27). The topological polar surface area (TPSA) is 89.1 Å². The third-order valence-electron chi connectivity index (χ3n) is 4.53. The lowest BCUT2D eigenvalue weighted by Gasteiger charge is -2.10. The van der Waals surface area contributed by atoms with Gasteiger partial charge in [0, 0.05) is 24.5 Å². The van der Waals surface area contributed by atoms with Crippen LogP contribution in [0.25, 0.3) is 11.0 Å². The molecule has 31 heavy (non-hydrogen) atoms. The number of carbonyl (C=O) groups excluding carboxylic acids is 1. The molecule has 0 saturated heterocycles. The van der Waals surface area contributed by atoms with Crippen LogP contribution in [0.15, 0.2) is 72.0 Å². The molecule has 0 bridgehead atoms. The first-order valence-corrected chi connectivity index (χ1v) is 10.8. The number of ether oxygens (including phenoxy) is 2. The number of anilines is 1. The summed E-state index contributed by atoms with van der Waals surface area (Å²) < 4.78 is 10.4. The van der Waals surface area contributed by atoms with Gasteiger partial charge >= 0.3 is 0 Å². The van der Waals surface area contributed by atoms with E-state index in [0.717, 1.165) is 21.8 Å². The van der Waals surface area contributed by atoms with Crippen LogP contribution in [0, 0.1) is 0 Å². The Morgan fingerprint density at radius 2 is 1.90 bits per heavy atom. The molecule has 8 heteroatoms. The normalized spacial score (nSPS) is 10.9. The van der Waals surface area contributed by atoms with Gasteiger partial charge in [-0.1, -0.05) is 42.1 Å². The molecule has 0 spiro atoms. The Balaban J connectivity index is 1.40. The van der Waals surface area contributed by atoms with Crippen LogP contribution in [0.2, 0.25) is 0 Å². The number of rotatable bonds is 9. The quantitative estimate of drug-likeness (QED) is 0.297. The van der Waals surface area contributed by atoms with Crippen molar-refractivity contribution in [2.24, 2.45) is 0 Å². The van der Waals surface area contributed by atoms with Crippen LogP contribution in [-0.4, -0.2) is 41.2 Å². The first-order valence-electron chi connectivity index (χ1n) is 9.77. The fourth-order valence-corrected chi connectivity index (χ4v) is 3.87. The van der Waals surface area contributed by atoms with Crippen molar-refractivity contribution in [3.63, 3.8) is 0 Å². The largest absolute Gasteiger partial charge is 0.475 e. The average Bonchev–Trinajstić information content (AvgIpc) is 3.22. The van der Waals surface area contributed by atoms with Crippen molar-refractivity contribution in [2.45, 2.75) is 10.9 Å². The minimum absolute atomic E-state index is 0.185. The summed E-state index contributed by atoms with van der Waals surface area (Å²) in [5.74, 6) is 0.918. The Morgan fingerprint density at radius 1 is 1.06 bits per heavy atom. The minimum Gasteiger partial charge on any atom is -0.475 e. The summed E-state index contributed by atoms with van der Waals surface area (Å²) in [5.41, 5.74) is 4.07. The van der Waals surface area contributed by atoms with Gasteiger partial charge in [0.25, 0.3) is 5.91 Å². The first-order chi connectivity index (χ1) is 15.2. The van der Waals surface area contributed by atoms with Gasteiger partial charge in [-0.25, -0.2) is 9.97 Å². The molecule has 0 radical (unpaired) electrons. The monoisotopic (exact) mass is 434 g/mol. The zero-order valence-corrected chi connectivity index (χ0v) is 17.8. The SMILES string of the molecule is COCCOc1ccc(NC(=O)c2ccccc2CSc2nc3ccccc3[nH]2)cn1. The molecule has 2 N–H and O–H groups in total. The Bertz CT molecular complexity index is 1130. The average molecular weight is 435 g/mol. The number of thioether (sulfide) groups is 1. The number of imidazole rings is 1. The molecule has 0 saturated carbocycles. The molecule has 2 aromatic carbocycles. The summed E-state index contributed by atoms with van der Waals surface area (Å²) in [7, 11) is 1.61. The third kappa shape index (κ3) is 5.42. The van der Waals surface area contributed by atoms with E-state index in [9.17, 15) is 4.79 Å². The number of carbonyl (C=O) groups is 1. The number of aromatic nitrogens is 3. The number of amides is 1. The van der Waals surface area contributed by atoms with Gasteiger partial charge in [0.15, 0.2) is 5.16 Å². The van der Waals surface area contributed by atoms with Crippen molar-refractivity contribution < 1.29 is 14.3 Å². The van der Waals surface area contributed by atoms with Crippen LogP contribution in [0.1, 0.15) is 15.9 Å². The summed E-state index contributed by atoms with van der Waals surface area (Å²) in [4.78, 5) is 25.0. The number of nitrogens with zero attached hydrogens (tertiary/aromatic N) is 2. The highest BCUT2D eigenvalue weighted by molar-refractivity contribution is 7.98. The second kappa shape index (κ2) is 10.1. The van der Waals surface area contributed by atoms with Crippen molar-refractivity contribution in [1.82, 2.24) is 15.0 Å². The number of H-pyrrole nitrogens is 1. The van der Waals surface area contributed by atoms with Crippen LogP contribution in [-0.2, 0) is 10.5 Å². The number of hydrogen-bond donors (Lipinski definition) is 2. The van der Waals surface area contributed by atoms with E-state index >= 15 is 0 Å². The van der Waals surface area contributed by atoms with Crippen LogP contribution in [0.4, 0.5) is 5.69 Å². The van der Waals surface area contributed by atoms with Crippen LogP contribution in [0.5, 0.6) is 5.88 Å². The Labute approximate surface area is 184 Å². The molecule has 2 heterocycles. The lowest BCUT2D eigenvalue weighted by Crippen LogP contribution is -2.14. The summed E-state index contributed by atoms with van der Waals surface area (Å²) in [6, 6.07) is 18.9. The zero-order chi connectivity index (χ0) is 21.5. The van der Waals surface area contributed by atoms with Crippen LogP contribution in [0.3, 0.4) is 0 Å². The second-order valence-corrected chi connectivity index (χ2v) is 7.65.